The zero-order valence-corrected chi connectivity index (χ0v) is 10.9. The molecule has 5 nitrogen and oxygen atoms in total. The summed E-state index contributed by atoms with van der Waals surface area (Å²) >= 11 is 0. The van der Waals surface area contributed by atoms with Crippen LogP contribution >= 0.6 is 0 Å². The summed E-state index contributed by atoms with van der Waals surface area (Å²) in [5, 5.41) is 5.33. The smallest absolute Gasteiger partial charge is 0.325 e. The Kier molecular flexibility index (Phi) is 4.39. The van der Waals surface area contributed by atoms with Gasteiger partial charge in [0.1, 0.15) is 6.54 Å². The molecule has 2 unspecified atom stereocenters. The highest BCUT2D eigenvalue weighted by Gasteiger charge is 2.39. The van der Waals surface area contributed by atoms with E-state index in [4.69, 9.17) is 4.74 Å². The molecule has 2 N–H and O–H groups in total. The van der Waals surface area contributed by atoms with E-state index in [-0.39, 0.29) is 18.6 Å². The number of carbonyl (C=O) groups excluding carboxylic acids is 2. The van der Waals surface area contributed by atoms with Crippen molar-refractivity contribution in [2.24, 2.45) is 0 Å². The number of ether oxygens (including phenoxy) is 1. The fourth-order valence-corrected chi connectivity index (χ4v) is 2.01. The SMILES string of the molecule is CCOC(=O)CNC(=O)NC1CC1c1ccccc1. The molecule has 102 valence electrons. The van der Waals surface area contributed by atoms with Crippen molar-refractivity contribution in [1.29, 1.82) is 0 Å². The lowest BCUT2D eigenvalue weighted by Crippen LogP contribution is -2.40. The Morgan fingerprint density at radius 1 is 1.32 bits per heavy atom. The number of benzene rings is 1. The average Bonchev–Trinajstić information content (AvgIpc) is 3.17. The van der Waals surface area contributed by atoms with Crippen LogP contribution in [-0.4, -0.2) is 31.2 Å². The van der Waals surface area contributed by atoms with Gasteiger partial charge in [0, 0.05) is 12.0 Å². The second-order valence-corrected chi connectivity index (χ2v) is 4.49. The summed E-state index contributed by atoms with van der Waals surface area (Å²) in [5.74, 6) is -0.0393. The van der Waals surface area contributed by atoms with Crippen molar-refractivity contribution < 1.29 is 14.3 Å². The van der Waals surface area contributed by atoms with Gasteiger partial charge in [-0.3, -0.25) is 4.79 Å². The number of hydrogen-bond donors (Lipinski definition) is 2. The first kappa shape index (κ1) is 13.4. The summed E-state index contributed by atoms with van der Waals surface area (Å²) < 4.78 is 4.72. The van der Waals surface area contributed by atoms with Gasteiger partial charge in [0.05, 0.1) is 6.61 Å². The molecule has 0 heterocycles. The molecule has 1 aromatic carbocycles. The van der Waals surface area contributed by atoms with Gasteiger partial charge in [-0.1, -0.05) is 30.3 Å². The zero-order valence-electron chi connectivity index (χ0n) is 10.9. The van der Waals surface area contributed by atoms with Crippen LogP contribution in [0.15, 0.2) is 30.3 Å². The summed E-state index contributed by atoms with van der Waals surface area (Å²) in [6.07, 6.45) is 0.941. The van der Waals surface area contributed by atoms with Crippen molar-refractivity contribution in [3.8, 4) is 0 Å². The Morgan fingerprint density at radius 3 is 2.74 bits per heavy atom. The number of urea groups is 1. The first-order valence-corrected chi connectivity index (χ1v) is 6.45. The van der Waals surface area contributed by atoms with Crippen molar-refractivity contribution in [3.05, 3.63) is 35.9 Å². The summed E-state index contributed by atoms with van der Waals surface area (Å²) in [6.45, 7) is 1.95. The van der Waals surface area contributed by atoms with Crippen molar-refractivity contribution in [3.63, 3.8) is 0 Å². The Bertz CT molecular complexity index is 447. The number of esters is 1. The lowest BCUT2D eigenvalue weighted by atomic mass is 10.1. The van der Waals surface area contributed by atoms with Crippen molar-refractivity contribution in [2.45, 2.75) is 25.3 Å². The highest BCUT2D eigenvalue weighted by atomic mass is 16.5. The number of rotatable bonds is 5. The van der Waals surface area contributed by atoms with E-state index in [9.17, 15) is 9.59 Å². The van der Waals surface area contributed by atoms with Gasteiger partial charge in [-0.2, -0.15) is 0 Å². The third kappa shape index (κ3) is 3.98. The van der Waals surface area contributed by atoms with Crippen LogP contribution in [-0.2, 0) is 9.53 Å². The molecule has 2 rings (SSSR count). The van der Waals surface area contributed by atoms with Gasteiger partial charge in [0.15, 0.2) is 0 Å². The first-order valence-electron chi connectivity index (χ1n) is 6.45. The lowest BCUT2D eigenvalue weighted by molar-refractivity contribution is -0.141. The minimum atomic E-state index is -0.423. The van der Waals surface area contributed by atoms with E-state index in [2.05, 4.69) is 22.8 Å². The van der Waals surface area contributed by atoms with Crippen LogP contribution in [0.4, 0.5) is 4.79 Å². The molecule has 5 heteroatoms. The van der Waals surface area contributed by atoms with Crippen LogP contribution < -0.4 is 10.6 Å². The fourth-order valence-electron chi connectivity index (χ4n) is 2.01. The molecule has 1 aromatic rings. The van der Waals surface area contributed by atoms with Gasteiger partial charge < -0.3 is 15.4 Å². The van der Waals surface area contributed by atoms with Crippen LogP contribution in [0.5, 0.6) is 0 Å². The standard InChI is InChI=1S/C14H18N2O3/c1-2-19-13(17)9-15-14(18)16-12-8-11(12)10-6-4-3-5-7-10/h3-7,11-12H,2,8-9H2,1H3,(H2,15,16,18). The second kappa shape index (κ2) is 6.22. The molecule has 0 spiro atoms. The van der Waals surface area contributed by atoms with Crippen LogP contribution in [0.2, 0.25) is 0 Å². The van der Waals surface area contributed by atoms with E-state index in [1.165, 1.54) is 5.56 Å². The molecule has 2 atom stereocenters. The molecular weight excluding hydrogens is 244 g/mol. The van der Waals surface area contributed by atoms with Crippen LogP contribution in [0, 0.1) is 0 Å². The Hall–Kier alpha value is -2.04. The summed E-state index contributed by atoms with van der Waals surface area (Å²) in [7, 11) is 0. The quantitative estimate of drug-likeness (QED) is 0.788. The lowest BCUT2D eigenvalue weighted by Gasteiger charge is -2.07. The highest BCUT2D eigenvalue weighted by molar-refractivity contribution is 5.81. The molecule has 0 saturated heterocycles. The molecule has 1 aliphatic rings. The maximum atomic E-state index is 11.5. The molecular formula is C14H18N2O3. The minimum Gasteiger partial charge on any atom is -0.465 e. The number of hydrogen-bond acceptors (Lipinski definition) is 3. The summed E-state index contributed by atoms with van der Waals surface area (Å²) in [5.41, 5.74) is 1.23. The molecule has 1 fully saturated rings. The molecule has 0 bridgehead atoms. The second-order valence-electron chi connectivity index (χ2n) is 4.49. The average molecular weight is 262 g/mol. The van der Waals surface area contributed by atoms with Crippen molar-refractivity contribution in [1.82, 2.24) is 10.6 Å². The molecule has 2 amide bonds. The van der Waals surface area contributed by atoms with Crippen LogP contribution in [0.25, 0.3) is 0 Å². The van der Waals surface area contributed by atoms with E-state index >= 15 is 0 Å². The molecule has 1 saturated carbocycles. The fraction of sp³-hybridized carbons (Fsp3) is 0.429. The van der Waals surface area contributed by atoms with E-state index in [1.807, 2.05) is 18.2 Å². The van der Waals surface area contributed by atoms with Gasteiger partial charge in [0.25, 0.3) is 0 Å². The molecule has 0 aromatic heterocycles. The number of nitrogens with one attached hydrogen (secondary N) is 2. The predicted octanol–water partition coefficient (Wildman–Crippen LogP) is 1.40. The van der Waals surface area contributed by atoms with Crippen LogP contribution in [0.3, 0.4) is 0 Å². The van der Waals surface area contributed by atoms with Crippen molar-refractivity contribution in [2.75, 3.05) is 13.2 Å². The normalized spacial score (nSPS) is 20.5. The Labute approximate surface area is 112 Å². The van der Waals surface area contributed by atoms with Gasteiger partial charge in [-0.25, -0.2) is 4.79 Å². The van der Waals surface area contributed by atoms with E-state index < -0.39 is 5.97 Å². The Balaban J connectivity index is 1.69. The van der Waals surface area contributed by atoms with Gasteiger partial charge in [-0.15, -0.1) is 0 Å². The predicted molar refractivity (Wildman–Crippen MR) is 70.8 cm³/mol. The number of carbonyl (C=O) groups is 2. The monoisotopic (exact) mass is 262 g/mol. The first-order chi connectivity index (χ1) is 9.20. The van der Waals surface area contributed by atoms with Gasteiger partial charge >= 0.3 is 12.0 Å². The molecule has 1 aliphatic carbocycles. The van der Waals surface area contributed by atoms with E-state index in [0.717, 1.165) is 6.42 Å². The topological polar surface area (TPSA) is 67.4 Å². The van der Waals surface area contributed by atoms with Crippen LogP contribution in [0.1, 0.15) is 24.8 Å². The largest absolute Gasteiger partial charge is 0.465 e. The van der Waals surface area contributed by atoms with E-state index in [1.54, 1.807) is 6.92 Å². The summed E-state index contributed by atoms with van der Waals surface area (Å²) in [6, 6.07) is 9.91. The minimum absolute atomic E-state index is 0.0948. The number of amides is 2. The zero-order chi connectivity index (χ0) is 13.7. The van der Waals surface area contributed by atoms with E-state index in [0.29, 0.717) is 12.5 Å². The third-order valence-corrected chi connectivity index (χ3v) is 3.03. The maximum Gasteiger partial charge on any atom is 0.325 e. The Morgan fingerprint density at radius 2 is 2.05 bits per heavy atom. The van der Waals surface area contributed by atoms with Crippen molar-refractivity contribution >= 4 is 12.0 Å². The molecule has 0 radical (unpaired) electrons. The van der Waals surface area contributed by atoms with Gasteiger partial charge in [0.2, 0.25) is 0 Å². The summed E-state index contributed by atoms with van der Waals surface area (Å²) in [4.78, 5) is 22.6. The third-order valence-electron chi connectivity index (χ3n) is 3.03. The molecule has 19 heavy (non-hydrogen) atoms. The highest BCUT2D eigenvalue weighted by Crippen LogP contribution is 2.40. The molecule has 0 aliphatic heterocycles. The maximum absolute atomic E-state index is 11.5. The van der Waals surface area contributed by atoms with Gasteiger partial charge in [-0.05, 0) is 18.9 Å².